The van der Waals surface area contributed by atoms with Crippen LogP contribution in [0.4, 0.5) is 0 Å². The molecule has 0 heterocycles. The molecule has 0 aliphatic rings. The fourth-order valence-corrected chi connectivity index (χ4v) is 3.61. The lowest BCUT2D eigenvalue weighted by molar-refractivity contribution is 0.463. The zero-order valence-electron chi connectivity index (χ0n) is 16.5. The van der Waals surface area contributed by atoms with Crippen LogP contribution in [0.5, 0.6) is 11.5 Å². The zero-order valence-corrected chi connectivity index (χ0v) is 17.3. The summed E-state index contributed by atoms with van der Waals surface area (Å²) in [5.41, 5.74) is 3.58. The lowest BCUT2D eigenvalue weighted by Gasteiger charge is -2.10. The van der Waals surface area contributed by atoms with Crippen molar-refractivity contribution in [1.82, 2.24) is 0 Å². The molecule has 0 spiro atoms. The molecule has 0 saturated heterocycles. The third-order valence-corrected chi connectivity index (χ3v) is 6.15. The molecule has 0 saturated carbocycles. The molecule has 4 nitrogen and oxygen atoms in total. The van der Waals surface area contributed by atoms with Crippen LogP contribution >= 0.6 is 0 Å². The van der Waals surface area contributed by atoms with Crippen LogP contribution in [0.2, 0.25) is 0 Å². The molecule has 3 aromatic rings. The van der Waals surface area contributed by atoms with Gasteiger partial charge < -0.3 is 4.74 Å². The van der Waals surface area contributed by atoms with E-state index in [0.29, 0.717) is 12.8 Å². The molecule has 3 aromatic carbocycles. The van der Waals surface area contributed by atoms with Gasteiger partial charge in [-0.25, -0.2) is 0 Å². The first-order valence-electron chi connectivity index (χ1n) is 9.76. The van der Waals surface area contributed by atoms with Gasteiger partial charge in [-0.05, 0) is 73.6 Å². The smallest absolute Gasteiger partial charge is 0.267 e. The topological polar surface area (TPSA) is 63.6 Å². The molecule has 1 N–H and O–H groups in total. The predicted octanol–water partition coefficient (Wildman–Crippen LogP) is 5.67. The van der Waals surface area contributed by atoms with E-state index in [2.05, 4.69) is 24.3 Å². The van der Waals surface area contributed by atoms with E-state index in [1.807, 2.05) is 54.6 Å². The quantitative estimate of drug-likeness (QED) is 0.462. The predicted molar refractivity (Wildman–Crippen MR) is 116 cm³/mol. The number of hydrogen-bond donors (Lipinski definition) is 1. The van der Waals surface area contributed by atoms with E-state index >= 15 is 0 Å². The molecule has 0 fully saturated rings. The summed E-state index contributed by atoms with van der Waals surface area (Å²) in [5.74, 6) is 1.53. The van der Waals surface area contributed by atoms with Gasteiger partial charge in [-0.1, -0.05) is 54.6 Å². The van der Waals surface area contributed by atoms with E-state index in [-0.39, 0.29) is 0 Å². The van der Waals surface area contributed by atoms with E-state index in [1.165, 1.54) is 18.1 Å². The van der Waals surface area contributed by atoms with Crippen molar-refractivity contribution in [2.75, 3.05) is 0 Å². The van der Waals surface area contributed by atoms with Gasteiger partial charge in [-0.15, -0.1) is 0 Å². The summed E-state index contributed by atoms with van der Waals surface area (Å²) >= 11 is 0. The van der Waals surface area contributed by atoms with Crippen molar-refractivity contribution in [3.63, 3.8) is 0 Å². The maximum absolute atomic E-state index is 11.1. The largest absolute Gasteiger partial charge is 0.457 e. The minimum atomic E-state index is -3.95. The van der Waals surface area contributed by atoms with Crippen LogP contribution in [0.1, 0.15) is 36.5 Å². The maximum atomic E-state index is 11.1. The molecule has 29 heavy (non-hydrogen) atoms. The average Bonchev–Trinajstić information content (AvgIpc) is 2.70. The Morgan fingerprint density at radius 3 is 2.17 bits per heavy atom. The molecular weight excluding hydrogens is 384 g/mol. The fourth-order valence-electron chi connectivity index (χ4n) is 3.15. The highest BCUT2D eigenvalue weighted by Crippen LogP contribution is 2.24. The van der Waals surface area contributed by atoms with Gasteiger partial charge in [-0.3, -0.25) is 4.55 Å². The summed E-state index contributed by atoms with van der Waals surface area (Å²) in [7, 11) is -3.95. The highest BCUT2D eigenvalue weighted by atomic mass is 32.2. The second-order valence-corrected chi connectivity index (χ2v) is 9.11. The fraction of sp³-hybridized carbons (Fsp3) is 0.250. The normalized spacial score (nSPS) is 12.5. The number of hydrogen-bond acceptors (Lipinski definition) is 3. The number of ether oxygens (including phenoxy) is 1. The molecule has 0 aromatic heterocycles. The molecule has 3 rings (SSSR count). The van der Waals surface area contributed by atoms with Crippen LogP contribution in [0.3, 0.4) is 0 Å². The SMILES string of the molecule is CC(CCCc1cccc(Oc2ccc(Cc3ccccc3)cc2)c1)S(=O)(=O)O. The Bertz CT molecular complexity index is 1010. The van der Waals surface area contributed by atoms with E-state index in [9.17, 15) is 8.42 Å². The van der Waals surface area contributed by atoms with Crippen molar-refractivity contribution in [1.29, 1.82) is 0 Å². The summed E-state index contributed by atoms with van der Waals surface area (Å²) in [6.45, 7) is 1.52. The van der Waals surface area contributed by atoms with Crippen LogP contribution < -0.4 is 4.74 Å². The molecule has 0 radical (unpaired) electrons. The summed E-state index contributed by atoms with van der Waals surface area (Å²) in [6, 6.07) is 26.2. The first kappa shape index (κ1) is 21.1. The molecule has 0 aliphatic carbocycles. The lowest BCUT2D eigenvalue weighted by atomic mass is 10.1. The van der Waals surface area contributed by atoms with E-state index in [4.69, 9.17) is 9.29 Å². The highest BCUT2D eigenvalue weighted by Gasteiger charge is 2.16. The number of rotatable bonds is 9. The van der Waals surface area contributed by atoms with Crippen LogP contribution in [0.25, 0.3) is 0 Å². The minimum Gasteiger partial charge on any atom is -0.457 e. The third-order valence-electron chi connectivity index (χ3n) is 4.89. The van der Waals surface area contributed by atoms with E-state index in [1.54, 1.807) is 0 Å². The van der Waals surface area contributed by atoms with Gasteiger partial charge in [0.1, 0.15) is 11.5 Å². The van der Waals surface area contributed by atoms with Gasteiger partial charge in [0, 0.05) is 0 Å². The molecule has 152 valence electrons. The standard InChI is InChI=1S/C24H26O4S/c1-19(29(25,26)27)7-5-10-21-11-6-12-24(18-21)28-23-15-13-22(14-16-23)17-20-8-3-2-4-9-20/h2-4,6,8-9,11-16,18-19H,5,7,10,17H2,1H3,(H,25,26,27). The van der Waals surface area contributed by atoms with Gasteiger partial charge in [0.2, 0.25) is 0 Å². The van der Waals surface area contributed by atoms with Crippen molar-refractivity contribution in [3.8, 4) is 11.5 Å². The van der Waals surface area contributed by atoms with Crippen LogP contribution in [0, 0.1) is 0 Å². The number of benzene rings is 3. The molecule has 0 bridgehead atoms. The van der Waals surface area contributed by atoms with Gasteiger partial charge in [0.05, 0.1) is 5.25 Å². The van der Waals surface area contributed by atoms with Gasteiger partial charge in [0.25, 0.3) is 10.1 Å². The van der Waals surface area contributed by atoms with Crippen molar-refractivity contribution < 1.29 is 17.7 Å². The number of aryl methyl sites for hydroxylation is 1. The molecule has 0 aliphatic heterocycles. The maximum Gasteiger partial charge on any atom is 0.267 e. The summed E-state index contributed by atoms with van der Waals surface area (Å²) in [6.07, 6.45) is 2.72. The highest BCUT2D eigenvalue weighted by molar-refractivity contribution is 7.86. The Hall–Kier alpha value is -2.63. The van der Waals surface area contributed by atoms with E-state index < -0.39 is 15.4 Å². The minimum absolute atomic E-state index is 0.423. The Balaban J connectivity index is 1.55. The lowest BCUT2D eigenvalue weighted by Crippen LogP contribution is -2.16. The van der Waals surface area contributed by atoms with Crippen molar-refractivity contribution in [2.45, 2.75) is 37.9 Å². The second-order valence-electron chi connectivity index (χ2n) is 7.27. The Kier molecular flexibility index (Phi) is 7.07. The molecule has 1 atom stereocenters. The van der Waals surface area contributed by atoms with Crippen LogP contribution in [-0.2, 0) is 23.0 Å². The molecule has 1 unspecified atom stereocenters. The molecular formula is C24H26O4S. The van der Waals surface area contributed by atoms with Crippen molar-refractivity contribution >= 4 is 10.1 Å². The Morgan fingerprint density at radius 1 is 0.828 bits per heavy atom. The molecule has 0 amide bonds. The Morgan fingerprint density at radius 2 is 1.48 bits per heavy atom. The van der Waals surface area contributed by atoms with Gasteiger partial charge >= 0.3 is 0 Å². The first-order chi connectivity index (χ1) is 13.9. The van der Waals surface area contributed by atoms with Crippen LogP contribution in [0.15, 0.2) is 78.9 Å². The monoisotopic (exact) mass is 410 g/mol. The third kappa shape index (κ3) is 6.73. The van der Waals surface area contributed by atoms with Crippen molar-refractivity contribution in [3.05, 3.63) is 95.6 Å². The second kappa shape index (κ2) is 9.72. The molecule has 5 heteroatoms. The summed E-state index contributed by atoms with van der Waals surface area (Å²) in [4.78, 5) is 0. The summed E-state index contributed by atoms with van der Waals surface area (Å²) in [5, 5.41) is -0.740. The van der Waals surface area contributed by atoms with Crippen LogP contribution in [-0.4, -0.2) is 18.2 Å². The van der Waals surface area contributed by atoms with Gasteiger partial charge in [0.15, 0.2) is 0 Å². The van der Waals surface area contributed by atoms with Gasteiger partial charge in [-0.2, -0.15) is 8.42 Å². The van der Waals surface area contributed by atoms with Crippen molar-refractivity contribution in [2.24, 2.45) is 0 Å². The Labute approximate surface area is 172 Å². The summed E-state index contributed by atoms with van der Waals surface area (Å²) < 4.78 is 37.2. The average molecular weight is 411 g/mol. The first-order valence-corrected chi connectivity index (χ1v) is 11.3. The van der Waals surface area contributed by atoms with E-state index in [0.717, 1.165) is 29.9 Å². The zero-order chi connectivity index (χ0) is 20.7.